The van der Waals surface area contributed by atoms with Gasteiger partial charge in [0.05, 0.1) is 0 Å². The lowest BCUT2D eigenvalue weighted by Gasteiger charge is -2.26. The minimum Gasteiger partial charge on any atom is -0.395 e. The molecule has 0 fully saturated rings. The molecule has 0 saturated carbocycles. The van der Waals surface area contributed by atoms with E-state index >= 15 is 0 Å². The fourth-order valence-electron chi connectivity index (χ4n) is 2.13. The fraction of sp³-hybridized carbons (Fsp3) is 0.571. The Hall–Kier alpha value is -1.36. The van der Waals surface area contributed by atoms with E-state index in [9.17, 15) is 8.78 Å². The largest absolute Gasteiger partial charge is 0.586 e. The zero-order chi connectivity index (χ0) is 14.0. The molecule has 1 aromatic rings. The Morgan fingerprint density at radius 3 is 2.53 bits per heavy atom. The minimum atomic E-state index is -3.54. The van der Waals surface area contributed by atoms with Crippen LogP contribution in [0.3, 0.4) is 0 Å². The van der Waals surface area contributed by atoms with Crippen LogP contribution in [0.5, 0.6) is 11.5 Å². The standard InChI is InChI=1S/C14H19F2NO2/c1-4-7-17(10(2)3)9-11-5-6-12-13(8-11)19-14(15,16)18-12/h5-6,8,10H,4,7,9H2,1-3H3. The second-order valence-electron chi connectivity index (χ2n) is 5.01. The number of rotatable bonds is 5. The van der Waals surface area contributed by atoms with Crippen molar-refractivity contribution in [2.45, 2.75) is 46.1 Å². The Balaban J connectivity index is 2.11. The highest BCUT2D eigenvalue weighted by atomic mass is 19.3. The average molecular weight is 271 g/mol. The van der Waals surface area contributed by atoms with Crippen molar-refractivity contribution in [1.82, 2.24) is 4.90 Å². The van der Waals surface area contributed by atoms with Gasteiger partial charge < -0.3 is 9.47 Å². The van der Waals surface area contributed by atoms with Crippen molar-refractivity contribution in [3.05, 3.63) is 23.8 Å². The van der Waals surface area contributed by atoms with Crippen LogP contribution >= 0.6 is 0 Å². The molecule has 0 atom stereocenters. The van der Waals surface area contributed by atoms with Crippen LogP contribution < -0.4 is 9.47 Å². The Kier molecular flexibility index (Phi) is 3.94. The number of fused-ring (bicyclic) bond motifs is 1. The van der Waals surface area contributed by atoms with Gasteiger partial charge in [-0.25, -0.2) is 0 Å². The molecule has 1 aliphatic heterocycles. The second kappa shape index (κ2) is 5.33. The van der Waals surface area contributed by atoms with E-state index in [0.717, 1.165) is 18.5 Å². The summed E-state index contributed by atoms with van der Waals surface area (Å²) in [6.07, 6.45) is -2.48. The highest BCUT2D eigenvalue weighted by Gasteiger charge is 2.43. The molecule has 3 nitrogen and oxygen atoms in total. The first-order valence-corrected chi connectivity index (χ1v) is 6.54. The summed E-state index contributed by atoms with van der Waals surface area (Å²) in [7, 11) is 0. The summed E-state index contributed by atoms with van der Waals surface area (Å²) in [5.41, 5.74) is 0.946. The fourth-order valence-corrected chi connectivity index (χ4v) is 2.13. The van der Waals surface area contributed by atoms with Gasteiger partial charge in [0.25, 0.3) is 0 Å². The topological polar surface area (TPSA) is 21.7 Å². The lowest BCUT2D eigenvalue weighted by atomic mass is 10.1. The Bertz CT molecular complexity index is 449. The molecule has 106 valence electrons. The first-order valence-electron chi connectivity index (χ1n) is 6.54. The molecule has 1 aromatic carbocycles. The molecule has 0 spiro atoms. The third kappa shape index (κ3) is 3.35. The van der Waals surface area contributed by atoms with Gasteiger partial charge in [0.15, 0.2) is 11.5 Å². The highest BCUT2D eigenvalue weighted by molar-refractivity contribution is 5.45. The van der Waals surface area contributed by atoms with E-state index in [1.165, 1.54) is 6.07 Å². The smallest absolute Gasteiger partial charge is 0.395 e. The number of ether oxygens (including phenoxy) is 2. The average Bonchev–Trinajstić information content (AvgIpc) is 2.61. The Morgan fingerprint density at radius 1 is 1.21 bits per heavy atom. The van der Waals surface area contributed by atoms with Crippen LogP contribution in [0.4, 0.5) is 8.78 Å². The van der Waals surface area contributed by atoms with Crippen LogP contribution in [-0.2, 0) is 6.54 Å². The number of hydrogen-bond acceptors (Lipinski definition) is 3. The van der Waals surface area contributed by atoms with E-state index in [4.69, 9.17) is 0 Å². The summed E-state index contributed by atoms with van der Waals surface area (Å²) in [5, 5.41) is 0. The molecule has 5 heteroatoms. The molecule has 0 aliphatic carbocycles. The van der Waals surface area contributed by atoms with Gasteiger partial charge in [0.1, 0.15) is 0 Å². The maximum Gasteiger partial charge on any atom is 0.586 e. The molecule has 0 saturated heterocycles. The van der Waals surface area contributed by atoms with Crippen molar-refractivity contribution in [1.29, 1.82) is 0 Å². The maximum absolute atomic E-state index is 12.9. The zero-order valence-electron chi connectivity index (χ0n) is 11.5. The van der Waals surface area contributed by atoms with Crippen LogP contribution in [0.15, 0.2) is 18.2 Å². The molecule has 19 heavy (non-hydrogen) atoms. The van der Waals surface area contributed by atoms with Crippen LogP contribution in [0, 0.1) is 0 Å². The summed E-state index contributed by atoms with van der Waals surface area (Å²) in [5.74, 6) is 0.211. The summed E-state index contributed by atoms with van der Waals surface area (Å²) in [4.78, 5) is 2.29. The SMILES string of the molecule is CCCN(Cc1ccc2c(c1)OC(F)(F)O2)C(C)C. The number of alkyl halides is 2. The summed E-state index contributed by atoms with van der Waals surface area (Å²) < 4.78 is 34.7. The summed E-state index contributed by atoms with van der Waals surface area (Å²) >= 11 is 0. The predicted octanol–water partition coefficient (Wildman–Crippen LogP) is 3.63. The van der Waals surface area contributed by atoms with Gasteiger partial charge in [-0.2, -0.15) is 0 Å². The monoisotopic (exact) mass is 271 g/mol. The van der Waals surface area contributed by atoms with Crippen LogP contribution in [0.25, 0.3) is 0 Å². The number of nitrogens with zero attached hydrogens (tertiary/aromatic N) is 1. The van der Waals surface area contributed by atoms with E-state index in [0.29, 0.717) is 12.6 Å². The molecule has 1 aliphatic rings. The minimum absolute atomic E-state index is 0.0975. The van der Waals surface area contributed by atoms with Gasteiger partial charge in [0.2, 0.25) is 0 Å². The van der Waals surface area contributed by atoms with Crippen LogP contribution in [0.2, 0.25) is 0 Å². The van der Waals surface area contributed by atoms with Gasteiger partial charge in [-0.05, 0) is 44.5 Å². The first-order chi connectivity index (χ1) is 8.91. The van der Waals surface area contributed by atoms with Crippen LogP contribution in [0.1, 0.15) is 32.8 Å². The molecule has 0 aromatic heterocycles. The number of benzene rings is 1. The third-order valence-corrected chi connectivity index (χ3v) is 3.09. The van der Waals surface area contributed by atoms with E-state index in [-0.39, 0.29) is 11.5 Å². The van der Waals surface area contributed by atoms with Gasteiger partial charge >= 0.3 is 6.29 Å². The van der Waals surface area contributed by atoms with Gasteiger partial charge in [-0.1, -0.05) is 13.0 Å². The van der Waals surface area contributed by atoms with Gasteiger partial charge in [0, 0.05) is 12.6 Å². The molecule has 0 radical (unpaired) electrons. The van der Waals surface area contributed by atoms with Crippen molar-refractivity contribution < 1.29 is 18.3 Å². The molecule has 0 unspecified atom stereocenters. The van der Waals surface area contributed by atoms with E-state index in [2.05, 4.69) is 35.1 Å². The van der Waals surface area contributed by atoms with Crippen molar-refractivity contribution >= 4 is 0 Å². The lowest BCUT2D eigenvalue weighted by molar-refractivity contribution is -0.286. The van der Waals surface area contributed by atoms with Crippen molar-refractivity contribution in [3.8, 4) is 11.5 Å². The van der Waals surface area contributed by atoms with Gasteiger partial charge in [-0.15, -0.1) is 8.78 Å². The van der Waals surface area contributed by atoms with E-state index in [1.54, 1.807) is 12.1 Å². The molecular weight excluding hydrogens is 252 g/mol. The van der Waals surface area contributed by atoms with E-state index < -0.39 is 6.29 Å². The maximum atomic E-state index is 12.9. The number of halogens is 2. The molecule has 0 N–H and O–H groups in total. The number of hydrogen-bond donors (Lipinski definition) is 0. The lowest BCUT2D eigenvalue weighted by Crippen LogP contribution is -2.30. The Morgan fingerprint density at radius 2 is 1.89 bits per heavy atom. The predicted molar refractivity (Wildman–Crippen MR) is 68.5 cm³/mol. The molecule has 0 bridgehead atoms. The molecule has 1 heterocycles. The summed E-state index contributed by atoms with van der Waals surface area (Å²) in [6.45, 7) is 8.05. The third-order valence-electron chi connectivity index (χ3n) is 3.09. The summed E-state index contributed by atoms with van der Waals surface area (Å²) in [6, 6.07) is 5.37. The first kappa shape index (κ1) is 14.1. The van der Waals surface area contributed by atoms with E-state index in [1.807, 2.05) is 0 Å². The molecule has 0 amide bonds. The molecular formula is C14H19F2NO2. The van der Waals surface area contributed by atoms with Crippen molar-refractivity contribution in [3.63, 3.8) is 0 Å². The normalized spacial score (nSPS) is 16.4. The zero-order valence-corrected chi connectivity index (χ0v) is 11.5. The quantitative estimate of drug-likeness (QED) is 0.816. The van der Waals surface area contributed by atoms with Crippen molar-refractivity contribution in [2.75, 3.05) is 6.54 Å². The van der Waals surface area contributed by atoms with Gasteiger partial charge in [-0.3, -0.25) is 4.90 Å². The Labute approximate surface area is 112 Å². The van der Waals surface area contributed by atoms with Crippen LogP contribution in [-0.4, -0.2) is 23.8 Å². The van der Waals surface area contributed by atoms with Crippen molar-refractivity contribution in [2.24, 2.45) is 0 Å². The second-order valence-corrected chi connectivity index (χ2v) is 5.01. The molecule has 2 rings (SSSR count). The highest BCUT2D eigenvalue weighted by Crippen LogP contribution is 2.41.